The van der Waals surface area contributed by atoms with E-state index in [0.717, 1.165) is 4.88 Å². The number of hydrogen-bond acceptors (Lipinski definition) is 5. The van der Waals surface area contributed by atoms with Crippen LogP contribution in [0.4, 0.5) is 0 Å². The monoisotopic (exact) mass is 201 g/mol. The van der Waals surface area contributed by atoms with Crippen LogP contribution in [-0.2, 0) is 4.74 Å². The minimum absolute atomic E-state index is 0.211. The Balaban J connectivity index is 2.44. The highest BCUT2D eigenvalue weighted by atomic mass is 32.1. The molecule has 13 heavy (non-hydrogen) atoms. The molecule has 1 heterocycles. The smallest absolute Gasteiger partial charge is 0.0682 e. The van der Waals surface area contributed by atoms with Crippen LogP contribution in [-0.4, -0.2) is 29.3 Å². The summed E-state index contributed by atoms with van der Waals surface area (Å²) in [6.07, 6.45) is 2.03. The maximum atomic E-state index is 5.51. The summed E-state index contributed by atoms with van der Waals surface area (Å²) in [4.78, 5) is 1.11. The number of likely N-dealkylation sites (N-methyl/N-ethyl adjacent to an activating group) is 1. The van der Waals surface area contributed by atoms with Gasteiger partial charge >= 0.3 is 0 Å². The van der Waals surface area contributed by atoms with Crippen molar-refractivity contribution in [2.75, 3.05) is 13.7 Å². The lowest BCUT2D eigenvalue weighted by atomic mass is 10.3. The second-order valence-corrected chi connectivity index (χ2v) is 3.86. The zero-order valence-electron chi connectivity index (χ0n) is 8.15. The van der Waals surface area contributed by atoms with E-state index in [2.05, 4.69) is 14.9 Å². The molecular weight excluding hydrogens is 186 g/mol. The third kappa shape index (κ3) is 3.38. The number of hydrogen-bond donors (Lipinski definition) is 1. The summed E-state index contributed by atoms with van der Waals surface area (Å²) < 4.78 is 9.32. The van der Waals surface area contributed by atoms with Gasteiger partial charge in [-0.1, -0.05) is 4.49 Å². The van der Waals surface area contributed by atoms with Gasteiger partial charge in [0.2, 0.25) is 0 Å². The van der Waals surface area contributed by atoms with E-state index in [1.807, 2.05) is 20.9 Å². The van der Waals surface area contributed by atoms with E-state index < -0.39 is 0 Å². The minimum Gasteiger partial charge on any atom is -0.377 e. The molecule has 0 radical (unpaired) electrons. The molecular formula is C8H15N3OS. The fraction of sp³-hybridized carbons (Fsp3) is 0.750. The molecule has 0 amide bonds. The van der Waals surface area contributed by atoms with E-state index in [-0.39, 0.29) is 12.1 Å². The molecule has 0 aliphatic carbocycles. The first-order valence-corrected chi connectivity index (χ1v) is 5.07. The average molecular weight is 201 g/mol. The molecule has 1 aromatic heterocycles. The Labute approximate surface area is 82.5 Å². The molecule has 4 nitrogen and oxygen atoms in total. The first-order chi connectivity index (χ1) is 6.24. The Kier molecular flexibility index (Phi) is 4.27. The number of aromatic nitrogens is 2. The normalized spacial score (nSPS) is 13.5. The van der Waals surface area contributed by atoms with Gasteiger partial charge in [-0.05, 0) is 32.4 Å². The second kappa shape index (κ2) is 5.26. The Morgan fingerprint density at radius 2 is 2.38 bits per heavy atom. The van der Waals surface area contributed by atoms with E-state index in [9.17, 15) is 0 Å². The summed E-state index contributed by atoms with van der Waals surface area (Å²) in [5.41, 5.74) is 0. The summed E-state index contributed by atoms with van der Waals surface area (Å²) in [6.45, 7) is 4.72. The van der Waals surface area contributed by atoms with Gasteiger partial charge in [0.15, 0.2) is 0 Å². The predicted octanol–water partition coefficient (Wildman–Crippen LogP) is 1.22. The largest absolute Gasteiger partial charge is 0.377 e. The molecule has 0 aliphatic rings. The molecule has 0 saturated carbocycles. The first-order valence-electron chi connectivity index (χ1n) is 4.30. The lowest BCUT2D eigenvalue weighted by Crippen LogP contribution is -2.22. The average Bonchev–Trinajstić information content (AvgIpc) is 2.58. The molecule has 0 saturated heterocycles. The van der Waals surface area contributed by atoms with Crippen LogP contribution in [0.1, 0.15) is 24.8 Å². The van der Waals surface area contributed by atoms with Crippen molar-refractivity contribution < 1.29 is 4.74 Å². The quantitative estimate of drug-likeness (QED) is 0.778. The van der Waals surface area contributed by atoms with Crippen molar-refractivity contribution in [2.24, 2.45) is 0 Å². The molecule has 0 fully saturated rings. The zero-order chi connectivity index (χ0) is 9.68. The van der Waals surface area contributed by atoms with Gasteiger partial charge in [-0.3, -0.25) is 0 Å². The molecule has 1 aromatic rings. The summed E-state index contributed by atoms with van der Waals surface area (Å²) in [6, 6.07) is 0.211. The van der Waals surface area contributed by atoms with Gasteiger partial charge in [0, 0.05) is 0 Å². The summed E-state index contributed by atoms with van der Waals surface area (Å²) in [5.74, 6) is 0. The van der Waals surface area contributed by atoms with Crippen LogP contribution in [0.2, 0.25) is 0 Å². The van der Waals surface area contributed by atoms with Gasteiger partial charge < -0.3 is 10.1 Å². The molecule has 0 aromatic carbocycles. The van der Waals surface area contributed by atoms with Crippen molar-refractivity contribution in [2.45, 2.75) is 26.0 Å². The minimum atomic E-state index is 0.211. The third-order valence-electron chi connectivity index (χ3n) is 1.67. The second-order valence-electron chi connectivity index (χ2n) is 3.04. The Hall–Kier alpha value is -0.520. The Bertz CT molecular complexity index is 225. The molecule has 0 aliphatic heterocycles. The van der Waals surface area contributed by atoms with Crippen LogP contribution in [0.25, 0.3) is 0 Å². The molecule has 1 rings (SSSR count). The van der Waals surface area contributed by atoms with E-state index in [1.54, 1.807) is 6.20 Å². The van der Waals surface area contributed by atoms with Crippen molar-refractivity contribution in [1.29, 1.82) is 0 Å². The van der Waals surface area contributed by atoms with E-state index in [0.29, 0.717) is 6.61 Å². The highest BCUT2D eigenvalue weighted by Crippen LogP contribution is 2.15. The van der Waals surface area contributed by atoms with Crippen molar-refractivity contribution in [3.8, 4) is 0 Å². The molecule has 74 valence electrons. The van der Waals surface area contributed by atoms with Gasteiger partial charge in [-0.25, -0.2) is 0 Å². The summed E-state index contributed by atoms with van der Waals surface area (Å²) in [7, 11) is 1.91. The Morgan fingerprint density at radius 1 is 1.62 bits per heavy atom. The van der Waals surface area contributed by atoms with Crippen molar-refractivity contribution in [1.82, 2.24) is 14.9 Å². The molecule has 1 atom stereocenters. The fourth-order valence-corrected chi connectivity index (χ4v) is 1.52. The van der Waals surface area contributed by atoms with Crippen LogP contribution in [0, 0.1) is 0 Å². The topological polar surface area (TPSA) is 47.0 Å². The van der Waals surface area contributed by atoms with Crippen molar-refractivity contribution >= 4 is 11.5 Å². The number of rotatable bonds is 5. The molecule has 1 unspecified atom stereocenters. The number of ether oxygens (including phenoxy) is 1. The van der Waals surface area contributed by atoms with Crippen LogP contribution >= 0.6 is 11.5 Å². The lowest BCUT2D eigenvalue weighted by molar-refractivity contribution is 0.0632. The maximum Gasteiger partial charge on any atom is 0.0682 e. The standard InChI is InChI=1S/C8H15N3OS/c1-6(2)12-5-7(9-3)8-4-10-11-13-8/h4,6-7,9H,5H2,1-3H3. The number of nitrogens with one attached hydrogen (secondary N) is 1. The first kappa shape index (κ1) is 10.6. The van der Waals surface area contributed by atoms with Crippen LogP contribution in [0.3, 0.4) is 0 Å². The summed E-state index contributed by atoms with van der Waals surface area (Å²) >= 11 is 1.40. The Morgan fingerprint density at radius 3 is 2.85 bits per heavy atom. The van der Waals surface area contributed by atoms with Crippen LogP contribution < -0.4 is 5.32 Å². The van der Waals surface area contributed by atoms with Crippen LogP contribution in [0.15, 0.2) is 6.20 Å². The third-order valence-corrected chi connectivity index (χ3v) is 2.44. The van der Waals surface area contributed by atoms with Crippen molar-refractivity contribution in [3.05, 3.63) is 11.1 Å². The molecule has 0 spiro atoms. The molecule has 5 heteroatoms. The maximum absolute atomic E-state index is 5.51. The summed E-state index contributed by atoms with van der Waals surface area (Å²) in [5, 5.41) is 6.96. The zero-order valence-corrected chi connectivity index (χ0v) is 8.97. The highest BCUT2D eigenvalue weighted by Gasteiger charge is 2.12. The van der Waals surface area contributed by atoms with Gasteiger partial charge in [0.1, 0.15) is 0 Å². The molecule has 1 N–H and O–H groups in total. The number of nitrogens with zero attached hydrogens (tertiary/aromatic N) is 2. The van der Waals surface area contributed by atoms with Gasteiger partial charge in [-0.15, -0.1) is 5.10 Å². The lowest BCUT2D eigenvalue weighted by Gasteiger charge is -2.15. The van der Waals surface area contributed by atoms with Crippen molar-refractivity contribution in [3.63, 3.8) is 0 Å². The van der Waals surface area contributed by atoms with Gasteiger partial charge in [0.05, 0.1) is 29.8 Å². The predicted molar refractivity (Wildman–Crippen MR) is 52.8 cm³/mol. The van der Waals surface area contributed by atoms with Gasteiger partial charge in [-0.2, -0.15) is 0 Å². The van der Waals surface area contributed by atoms with Crippen LogP contribution in [0.5, 0.6) is 0 Å². The SMILES string of the molecule is CNC(COC(C)C)c1cnns1. The molecule has 0 bridgehead atoms. The van der Waals surface area contributed by atoms with E-state index >= 15 is 0 Å². The van der Waals surface area contributed by atoms with E-state index in [1.165, 1.54) is 11.5 Å². The fourth-order valence-electron chi connectivity index (χ4n) is 0.925. The van der Waals surface area contributed by atoms with E-state index in [4.69, 9.17) is 4.74 Å². The highest BCUT2D eigenvalue weighted by molar-refractivity contribution is 7.05. The van der Waals surface area contributed by atoms with Gasteiger partial charge in [0.25, 0.3) is 0 Å².